The molecule has 1 aliphatic rings. The van der Waals surface area contributed by atoms with Crippen LogP contribution in [0.1, 0.15) is 41.4 Å². The summed E-state index contributed by atoms with van der Waals surface area (Å²) in [6.45, 7) is 0. The molecule has 0 aliphatic heterocycles. The van der Waals surface area contributed by atoms with Crippen LogP contribution < -0.4 is 10.5 Å². The third-order valence-corrected chi connectivity index (χ3v) is 4.80. The Morgan fingerprint density at radius 3 is 2.96 bits per heavy atom. The summed E-state index contributed by atoms with van der Waals surface area (Å²) in [4.78, 5) is 4.45. The summed E-state index contributed by atoms with van der Waals surface area (Å²) >= 11 is 0. The van der Waals surface area contributed by atoms with Crippen molar-refractivity contribution in [2.24, 2.45) is 5.73 Å². The molecule has 4 rings (SSSR count). The fraction of sp³-hybridized carbons (Fsp3) is 0.300. The van der Waals surface area contributed by atoms with Crippen molar-refractivity contribution in [2.75, 3.05) is 7.11 Å². The lowest BCUT2D eigenvalue weighted by molar-refractivity contribution is 0.386. The third kappa shape index (κ3) is 3.20. The van der Waals surface area contributed by atoms with Gasteiger partial charge in [0, 0.05) is 18.0 Å². The van der Waals surface area contributed by atoms with Gasteiger partial charge in [0.25, 0.3) is 5.89 Å². The lowest BCUT2D eigenvalue weighted by Crippen LogP contribution is -2.17. The Morgan fingerprint density at radius 2 is 2.15 bits per heavy atom. The quantitative estimate of drug-likeness (QED) is 0.772. The van der Waals surface area contributed by atoms with Gasteiger partial charge in [0.1, 0.15) is 0 Å². The highest BCUT2D eigenvalue weighted by molar-refractivity contribution is 5.56. The zero-order valence-corrected chi connectivity index (χ0v) is 14.5. The van der Waals surface area contributed by atoms with Gasteiger partial charge in [-0.1, -0.05) is 17.3 Å². The lowest BCUT2D eigenvalue weighted by atomic mass is 9.87. The minimum atomic E-state index is -0.405. The second kappa shape index (κ2) is 6.88. The molecule has 26 heavy (non-hydrogen) atoms. The van der Waals surface area contributed by atoms with Gasteiger partial charge in [-0.15, -0.1) is 0 Å². The maximum Gasteiger partial charge on any atom is 0.257 e. The average Bonchev–Trinajstić information content (AvgIpc) is 3.10. The van der Waals surface area contributed by atoms with Crippen molar-refractivity contribution in [1.29, 1.82) is 0 Å². The zero-order valence-electron chi connectivity index (χ0n) is 14.5. The second-order valence-corrected chi connectivity index (χ2v) is 6.57. The van der Waals surface area contributed by atoms with Crippen molar-refractivity contribution in [1.82, 2.24) is 10.1 Å². The highest BCUT2D eigenvalue weighted by atomic mass is 19.1. The Kier molecular flexibility index (Phi) is 4.42. The van der Waals surface area contributed by atoms with Crippen LogP contribution in [0, 0.1) is 5.82 Å². The first-order chi connectivity index (χ1) is 12.6. The molecule has 1 heterocycles. The first kappa shape index (κ1) is 16.7. The van der Waals surface area contributed by atoms with E-state index in [-0.39, 0.29) is 11.8 Å². The Balaban J connectivity index is 1.57. The van der Waals surface area contributed by atoms with Crippen LogP contribution in [0.2, 0.25) is 0 Å². The van der Waals surface area contributed by atoms with Gasteiger partial charge in [-0.2, -0.15) is 4.98 Å². The molecule has 5 nitrogen and oxygen atoms in total. The molecular weight excluding hydrogens is 333 g/mol. The summed E-state index contributed by atoms with van der Waals surface area (Å²) < 4.78 is 24.2. The van der Waals surface area contributed by atoms with Crippen LogP contribution >= 0.6 is 0 Å². The number of aromatic nitrogens is 2. The summed E-state index contributed by atoms with van der Waals surface area (Å²) in [5.41, 5.74) is 10.3. The number of rotatable bonds is 4. The fourth-order valence-electron chi connectivity index (χ4n) is 3.41. The van der Waals surface area contributed by atoms with Crippen molar-refractivity contribution in [2.45, 2.75) is 31.7 Å². The number of aryl methyl sites for hydroxylation is 1. The van der Waals surface area contributed by atoms with Crippen LogP contribution in [0.4, 0.5) is 4.39 Å². The average molecular weight is 353 g/mol. The van der Waals surface area contributed by atoms with Gasteiger partial charge in [0.05, 0.1) is 7.11 Å². The molecule has 6 heteroatoms. The standard InChI is InChI=1S/C20H20FN3O2/c1-25-18-8-5-12(9-16(18)21)10-19-23-20(26-24-19)14-7-6-13-3-2-4-17(22)15(13)11-14/h5-9,11,17H,2-4,10,22H2,1H3. The smallest absolute Gasteiger partial charge is 0.257 e. The number of benzene rings is 2. The van der Waals surface area contributed by atoms with Gasteiger partial charge in [-0.05, 0) is 60.2 Å². The normalized spacial score (nSPS) is 16.3. The summed E-state index contributed by atoms with van der Waals surface area (Å²) in [7, 11) is 1.44. The van der Waals surface area contributed by atoms with Gasteiger partial charge in [-0.25, -0.2) is 4.39 Å². The predicted octanol–water partition coefficient (Wildman–Crippen LogP) is 3.81. The minimum Gasteiger partial charge on any atom is -0.494 e. The van der Waals surface area contributed by atoms with Crippen LogP contribution in [0.15, 0.2) is 40.9 Å². The SMILES string of the molecule is COc1ccc(Cc2noc(-c3ccc4c(c3)C(N)CCC4)n2)cc1F. The molecule has 0 bridgehead atoms. The van der Waals surface area contributed by atoms with Gasteiger partial charge in [0.2, 0.25) is 0 Å². The number of methoxy groups -OCH3 is 1. The first-order valence-electron chi connectivity index (χ1n) is 8.68. The molecule has 0 fully saturated rings. The molecule has 1 atom stereocenters. The summed E-state index contributed by atoms with van der Waals surface area (Å²) in [5, 5.41) is 4.02. The highest BCUT2D eigenvalue weighted by Crippen LogP contribution is 2.31. The topological polar surface area (TPSA) is 74.2 Å². The number of fused-ring (bicyclic) bond motifs is 1. The molecular formula is C20H20FN3O2. The van der Waals surface area contributed by atoms with Crippen LogP contribution in [0.25, 0.3) is 11.5 Å². The van der Waals surface area contributed by atoms with E-state index in [9.17, 15) is 4.39 Å². The van der Waals surface area contributed by atoms with E-state index in [1.807, 2.05) is 12.1 Å². The zero-order chi connectivity index (χ0) is 18.1. The van der Waals surface area contributed by atoms with Crippen molar-refractivity contribution < 1.29 is 13.7 Å². The summed E-state index contributed by atoms with van der Waals surface area (Å²) in [6.07, 6.45) is 3.56. The van der Waals surface area contributed by atoms with E-state index >= 15 is 0 Å². The minimum absolute atomic E-state index is 0.0587. The van der Waals surface area contributed by atoms with Crippen molar-refractivity contribution in [3.8, 4) is 17.2 Å². The van der Waals surface area contributed by atoms with E-state index in [4.69, 9.17) is 15.0 Å². The molecule has 1 aromatic heterocycles. The van der Waals surface area contributed by atoms with E-state index in [1.165, 1.54) is 18.7 Å². The molecule has 2 N–H and O–H groups in total. The number of hydrogen-bond donors (Lipinski definition) is 1. The van der Waals surface area contributed by atoms with Gasteiger partial charge in [0.15, 0.2) is 17.4 Å². The molecule has 134 valence electrons. The molecule has 2 aromatic carbocycles. The molecule has 0 saturated carbocycles. The predicted molar refractivity (Wildman–Crippen MR) is 95.4 cm³/mol. The van der Waals surface area contributed by atoms with Crippen molar-refractivity contribution >= 4 is 0 Å². The number of nitrogens with two attached hydrogens (primary N) is 1. The van der Waals surface area contributed by atoms with Crippen molar-refractivity contribution in [3.63, 3.8) is 0 Å². The monoisotopic (exact) mass is 353 g/mol. The Morgan fingerprint density at radius 1 is 1.27 bits per heavy atom. The van der Waals surface area contributed by atoms with Gasteiger partial charge in [-0.3, -0.25) is 0 Å². The van der Waals surface area contributed by atoms with E-state index in [0.29, 0.717) is 18.1 Å². The largest absolute Gasteiger partial charge is 0.494 e. The summed E-state index contributed by atoms with van der Waals surface area (Å²) in [6, 6.07) is 11.0. The fourth-order valence-corrected chi connectivity index (χ4v) is 3.41. The van der Waals surface area contributed by atoms with Gasteiger partial charge >= 0.3 is 0 Å². The molecule has 3 aromatic rings. The maximum absolute atomic E-state index is 13.8. The van der Waals surface area contributed by atoms with E-state index in [0.717, 1.165) is 36.0 Å². The number of hydrogen-bond acceptors (Lipinski definition) is 5. The molecule has 1 unspecified atom stereocenters. The third-order valence-electron chi connectivity index (χ3n) is 4.80. The first-order valence-corrected chi connectivity index (χ1v) is 8.68. The summed E-state index contributed by atoms with van der Waals surface area (Å²) in [5.74, 6) is 0.770. The van der Waals surface area contributed by atoms with Crippen molar-refractivity contribution in [3.05, 3.63) is 64.7 Å². The molecule has 1 aliphatic carbocycles. The second-order valence-electron chi connectivity index (χ2n) is 6.57. The van der Waals surface area contributed by atoms with E-state index in [2.05, 4.69) is 16.2 Å². The van der Waals surface area contributed by atoms with Crippen LogP contribution in [-0.4, -0.2) is 17.3 Å². The highest BCUT2D eigenvalue weighted by Gasteiger charge is 2.19. The van der Waals surface area contributed by atoms with Crippen LogP contribution in [-0.2, 0) is 12.8 Å². The Bertz CT molecular complexity index is 939. The molecule has 0 radical (unpaired) electrons. The van der Waals surface area contributed by atoms with E-state index < -0.39 is 5.82 Å². The molecule has 0 spiro atoms. The Hall–Kier alpha value is -2.73. The number of nitrogens with zero attached hydrogens (tertiary/aromatic N) is 2. The molecule has 0 saturated heterocycles. The maximum atomic E-state index is 13.8. The molecule has 0 amide bonds. The number of ether oxygens (including phenoxy) is 1. The van der Waals surface area contributed by atoms with Gasteiger partial charge < -0.3 is 15.0 Å². The van der Waals surface area contributed by atoms with Crippen LogP contribution in [0.3, 0.4) is 0 Å². The lowest BCUT2D eigenvalue weighted by Gasteiger charge is -2.22. The Labute approximate surface area is 151 Å². The van der Waals surface area contributed by atoms with Crippen LogP contribution in [0.5, 0.6) is 5.75 Å². The number of halogens is 1. The van der Waals surface area contributed by atoms with E-state index in [1.54, 1.807) is 12.1 Å².